The monoisotopic (exact) mass is 286 g/mol. The summed E-state index contributed by atoms with van der Waals surface area (Å²) in [4.78, 5) is 2.31. The number of nitrogens with zero attached hydrogens (tertiary/aromatic N) is 2. The van der Waals surface area contributed by atoms with Gasteiger partial charge in [-0.1, -0.05) is 12.1 Å². The average Bonchev–Trinajstić information content (AvgIpc) is 2.53. The maximum Gasteiger partial charge on any atom is 0.161 e. The normalized spacial score (nSPS) is 15.2. The fraction of sp³-hybridized carbons (Fsp3) is 0.471. The smallest absolute Gasteiger partial charge is 0.161 e. The van der Waals surface area contributed by atoms with Gasteiger partial charge in [-0.3, -0.25) is 4.90 Å². The molecule has 1 heterocycles. The van der Waals surface area contributed by atoms with Gasteiger partial charge in [-0.2, -0.15) is 5.26 Å². The molecule has 0 atom stereocenters. The largest absolute Gasteiger partial charge is 0.493 e. The zero-order chi connectivity index (χ0) is 15.1. The predicted octanol–water partition coefficient (Wildman–Crippen LogP) is 3.10. The van der Waals surface area contributed by atoms with Crippen molar-refractivity contribution in [2.45, 2.75) is 19.8 Å². The lowest BCUT2D eigenvalue weighted by atomic mass is 9.99. The van der Waals surface area contributed by atoms with E-state index in [0.717, 1.165) is 37.6 Å². The molecule has 1 aliphatic rings. The predicted molar refractivity (Wildman–Crippen MR) is 83.4 cm³/mol. The quantitative estimate of drug-likeness (QED) is 0.806. The molecule has 1 aromatic rings. The summed E-state index contributed by atoms with van der Waals surface area (Å²) >= 11 is 0. The fourth-order valence-electron chi connectivity index (χ4n) is 2.53. The number of rotatable bonds is 6. The van der Waals surface area contributed by atoms with Crippen LogP contribution in [0.4, 0.5) is 0 Å². The minimum atomic E-state index is 0.597. The second-order valence-corrected chi connectivity index (χ2v) is 4.99. The molecule has 112 valence electrons. The topological polar surface area (TPSA) is 45.5 Å². The van der Waals surface area contributed by atoms with E-state index in [1.807, 2.05) is 13.0 Å². The van der Waals surface area contributed by atoms with E-state index in [0.29, 0.717) is 13.0 Å². The van der Waals surface area contributed by atoms with Crippen LogP contribution in [0.5, 0.6) is 11.5 Å². The third kappa shape index (κ3) is 3.99. The third-order valence-corrected chi connectivity index (χ3v) is 3.67. The molecule has 0 spiro atoms. The van der Waals surface area contributed by atoms with E-state index < -0.39 is 0 Å². The molecule has 0 amide bonds. The Morgan fingerprint density at radius 1 is 1.33 bits per heavy atom. The average molecular weight is 286 g/mol. The zero-order valence-corrected chi connectivity index (χ0v) is 12.8. The second-order valence-electron chi connectivity index (χ2n) is 4.99. The molecular weight excluding hydrogens is 264 g/mol. The first-order valence-corrected chi connectivity index (χ1v) is 7.38. The van der Waals surface area contributed by atoms with Gasteiger partial charge in [0, 0.05) is 26.1 Å². The van der Waals surface area contributed by atoms with Gasteiger partial charge in [-0.25, -0.2) is 0 Å². The van der Waals surface area contributed by atoms with Gasteiger partial charge in [-0.15, -0.1) is 0 Å². The van der Waals surface area contributed by atoms with E-state index in [2.05, 4.69) is 29.2 Å². The van der Waals surface area contributed by atoms with Crippen molar-refractivity contribution in [2.24, 2.45) is 0 Å². The van der Waals surface area contributed by atoms with Crippen LogP contribution < -0.4 is 9.47 Å². The highest BCUT2D eigenvalue weighted by Gasteiger charge is 2.14. The van der Waals surface area contributed by atoms with Crippen LogP contribution in [0.25, 0.3) is 5.57 Å². The lowest BCUT2D eigenvalue weighted by molar-refractivity contribution is 0.308. The maximum absolute atomic E-state index is 8.64. The molecular formula is C17H22N2O2. The van der Waals surface area contributed by atoms with E-state index in [1.54, 1.807) is 7.11 Å². The molecule has 0 saturated heterocycles. The third-order valence-electron chi connectivity index (χ3n) is 3.67. The van der Waals surface area contributed by atoms with Crippen molar-refractivity contribution in [2.75, 3.05) is 33.4 Å². The summed E-state index contributed by atoms with van der Waals surface area (Å²) in [5, 5.41) is 8.64. The van der Waals surface area contributed by atoms with Gasteiger partial charge in [0.1, 0.15) is 0 Å². The van der Waals surface area contributed by atoms with Crippen molar-refractivity contribution in [3.63, 3.8) is 0 Å². The van der Waals surface area contributed by atoms with Gasteiger partial charge in [0.25, 0.3) is 0 Å². The summed E-state index contributed by atoms with van der Waals surface area (Å²) in [6, 6.07) is 8.30. The lowest BCUT2D eigenvalue weighted by Gasteiger charge is -2.25. The highest BCUT2D eigenvalue weighted by molar-refractivity contribution is 5.69. The number of nitriles is 1. The molecule has 0 radical (unpaired) electrons. The van der Waals surface area contributed by atoms with Crippen molar-refractivity contribution in [1.29, 1.82) is 5.26 Å². The maximum atomic E-state index is 8.64. The first-order valence-electron chi connectivity index (χ1n) is 7.38. The van der Waals surface area contributed by atoms with E-state index in [9.17, 15) is 0 Å². The molecule has 0 saturated carbocycles. The van der Waals surface area contributed by atoms with E-state index in [1.165, 1.54) is 11.1 Å². The molecule has 0 aromatic heterocycles. The fourth-order valence-corrected chi connectivity index (χ4v) is 2.53. The van der Waals surface area contributed by atoms with Gasteiger partial charge in [0.05, 0.1) is 19.8 Å². The Balaban J connectivity index is 2.10. The molecule has 0 fully saturated rings. The summed E-state index contributed by atoms with van der Waals surface area (Å²) in [7, 11) is 1.66. The van der Waals surface area contributed by atoms with E-state index in [-0.39, 0.29) is 0 Å². The standard InChI is InChI=1S/C17H22N2O2/c1-3-21-17-13-15(5-6-16(17)20-2)14-7-11-19(12-8-14)10-4-9-18/h5-7,13H,3-4,8,10-12H2,1-2H3. The van der Waals surface area contributed by atoms with Crippen LogP contribution in [-0.4, -0.2) is 38.3 Å². The number of hydrogen-bond acceptors (Lipinski definition) is 4. The van der Waals surface area contributed by atoms with Crippen molar-refractivity contribution in [3.8, 4) is 17.6 Å². The Morgan fingerprint density at radius 3 is 2.81 bits per heavy atom. The van der Waals surface area contributed by atoms with Crippen molar-refractivity contribution < 1.29 is 9.47 Å². The zero-order valence-electron chi connectivity index (χ0n) is 12.8. The molecule has 0 unspecified atom stereocenters. The van der Waals surface area contributed by atoms with Crippen LogP contribution in [0.3, 0.4) is 0 Å². The van der Waals surface area contributed by atoms with Crippen LogP contribution in [0.1, 0.15) is 25.3 Å². The van der Waals surface area contributed by atoms with Crippen molar-refractivity contribution in [3.05, 3.63) is 29.8 Å². The van der Waals surface area contributed by atoms with Crippen LogP contribution in [0.2, 0.25) is 0 Å². The molecule has 4 heteroatoms. The molecule has 0 N–H and O–H groups in total. The Labute approximate surface area is 126 Å². The minimum Gasteiger partial charge on any atom is -0.493 e. The van der Waals surface area contributed by atoms with Crippen LogP contribution in [0.15, 0.2) is 24.3 Å². The van der Waals surface area contributed by atoms with Gasteiger partial charge in [-0.05, 0) is 36.6 Å². The van der Waals surface area contributed by atoms with Crippen LogP contribution in [-0.2, 0) is 0 Å². The summed E-state index contributed by atoms with van der Waals surface area (Å²) in [5.74, 6) is 1.57. The summed E-state index contributed by atoms with van der Waals surface area (Å²) in [5.41, 5.74) is 2.53. The van der Waals surface area contributed by atoms with Crippen LogP contribution >= 0.6 is 0 Å². The van der Waals surface area contributed by atoms with Crippen molar-refractivity contribution in [1.82, 2.24) is 4.90 Å². The van der Waals surface area contributed by atoms with Gasteiger partial charge in [0.2, 0.25) is 0 Å². The number of ether oxygens (including phenoxy) is 2. The highest BCUT2D eigenvalue weighted by Crippen LogP contribution is 2.32. The molecule has 0 bridgehead atoms. The van der Waals surface area contributed by atoms with Gasteiger partial charge in [0.15, 0.2) is 11.5 Å². The number of hydrogen-bond donors (Lipinski definition) is 0. The van der Waals surface area contributed by atoms with E-state index >= 15 is 0 Å². The molecule has 1 aliphatic heterocycles. The Hall–Kier alpha value is -1.99. The molecule has 4 nitrogen and oxygen atoms in total. The Morgan fingerprint density at radius 2 is 2.19 bits per heavy atom. The SMILES string of the molecule is CCOc1cc(C2=CCN(CCC#N)CC2)ccc1OC. The summed E-state index contributed by atoms with van der Waals surface area (Å²) < 4.78 is 11.0. The number of benzene rings is 1. The second kappa shape index (κ2) is 7.70. The molecule has 1 aromatic carbocycles. The first kappa shape index (κ1) is 15.4. The van der Waals surface area contributed by atoms with Gasteiger partial charge >= 0.3 is 0 Å². The Kier molecular flexibility index (Phi) is 5.65. The van der Waals surface area contributed by atoms with Crippen LogP contribution in [0, 0.1) is 11.3 Å². The molecule has 21 heavy (non-hydrogen) atoms. The molecule has 2 rings (SSSR count). The lowest BCUT2D eigenvalue weighted by Crippen LogP contribution is -2.29. The minimum absolute atomic E-state index is 0.597. The number of methoxy groups -OCH3 is 1. The summed E-state index contributed by atoms with van der Waals surface area (Å²) in [6.45, 7) is 5.36. The highest BCUT2D eigenvalue weighted by atomic mass is 16.5. The van der Waals surface area contributed by atoms with Crippen molar-refractivity contribution >= 4 is 5.57 Å². The molecule has 0 aliphatic carbocycles. The first-order chi connectivity index (χ1) is 10.3. The van der Waals surface area contributed by atoms with Gasteiger partial charge < -0.3 is 9.47 Å². The Bertz CT molecular complexity index is 546. The van der Waals surface area contributed by atoms with E-state index in [4.69, 9.17) is 14.7 Å². The summed E-state index contributed by atoms with van der Waals surface area (Å²) in [6.07, 6.45) is 3.85.